The lowest BCUT2D eigenvalue weighted by Crippen LogP contribution is -2.06. The molecule has 0 aromatic heterocycles. The standard InChI is InChI=1S/C12H13NO3/c1-3-8-4-9(6-12(15)16-2)10(7-13)11(14)5-8/h4-5,14H,3,6H2,1-2H3. The molecular formula is C12H13NO3. The van der Waals surface area contributed by atoms with E-state index in [0.717, 1.165) is 12.0 Å². The lowest BCUT2D eigenvalue weighted by molar-refractivity contribution is -0.139. The number of ether oxygens (including phenoxy) is 1. The number of phenolic OH excluding ortho intramolecular Hbond substituents is 1. The molecule has 0 saturated carbocycles. The topological polar surface area (TPSA) is 70.3 Å². The van der Waals surface area contributed by atoms with Gasteiger partial charge in [0.25, 0.3) is 0 Å². The van der Waals surface area contributed by atoms with Crippen LogP contribution in [0.2, 0.25) is 0 Å². The average molecular weight is 219 g/mol. The number of carbonyl (C=O) groups is 1. The highest BCUT2D eigenvalue weighted by molar-refractivity contribution is 5.74. The van der Waals surface area contributed by atoms with Crippen LogP contribution >= 0.6 is 0 Å². The van der Waals surface area contributed by atoms with Crippen molar-refractivity contribution in [1.29, 1.82) is 5.26 Å². The van der Waals surface area contributed by atoms with Gasteiger partial charge in [-0.05, 0) is 23.6 Å². The first-order chi connectivity index (χ1) is 7.62. The van der Waals surface area contributed by atoms with Gasteiger partial charge in [-0.2, -0.15) is 5.26 Å². The molecule has 0 fully saturated rings. The first-order valence-corrected chi connectivity index (χ1v) is 4.94. The predicted octanol–water partition coefficient (Wildman–Crippen LogP) is 1.54. The number of aryl methyl sites for hydroxylation is 1. The largest absolute Gasteiger partial charge is 0.507 e. The number of phenols is 1. The fourth-order valence-electron chi connectivity index (χ4n) is 1.45. The number of rotatable bonds is 3. The van der Waals surface area contributed by atoms with Crippen LogP contribution in [0.15, 0.2) is 12.1 Å². The van der Waals surface area contributed by atoms with Gasteiger partial charge in [-0.1, -0.05) is 13.0 Å². The molecule has 1 aromatic carbocycles. The Bertz CT molecular complexity index is 446. The van der Waals surface area contributed by atoms with E-state index in [1.54, 1.807) is 12.1 Å². The van der Waals surface area contributed by atoms with Crippen molar-refractivity contribution in [1.82, 2.24) is 0 Å². The number of nitriles is 1. The molecule has 0 radical (unpaired) electrons. The Morgan fingerprint density at radius 1 is 1.56 bits per heavy atom. The van der Waals surface area contributed by atoms with Crippen LogP contribution < -0.4 is 0 Å². The summed E-state index contributed by atoms with van der Waals surface area (Å²) in [5.74, 6) is -0.509. The van der Waals surface area contributed by atoms with Gasteiger partial charge >= 0.3 is 5.97 Å². The van der Waals surface area contributed by atoms with E-state index in [4.69, 9.17) is 5.26 Å². The summed E-state index contributed by atoms with van der Waals surface area (Å²) in [4.78, 5) is 11.1. The Balaban J connectivity index is 3.19. The van der Waals surface area contributed by atoms with Crippen LogP contribution in [0, 0.1) is 11.3 Å². The Morgan fingerprint density at radius 3 is 2.75 bits per heavy atom. The molecule has 0 atom stereocenters. The maximum atomic E-state index is 11.1. The first-order valence-electron chi connectivity index (χ1n) is 4.94. The third-order valence-corrected chi connectivity index (χ3v) is 2.34. The molecule has 1 rings (SSSR count). The Labute approximate surface area is 94.1 Å². The average Bonchev–Trinajstić information content (AvgIpc) is 2.28. The van der Waals surface area contributed by atoms with Crippen LogP contribution in [0.5, 0.6) is 5.75 Å². The van der Waals surface area contributed by atoms with Crippen LogP contribution in [0.1, 0.15) is 23.6 Å². The molecular weight excluding hydrogens is 206 g/mol. The molecule has 0 unspecified atom stereocenters. The van der Waals surface area contributed by atoms with Crippen molar-refractivity contribution in [2.24, 2.45) is 0 Å². The second-order valence-electron chi connectivity index (χ2n) is 3.37. The van der Waals surface area contributed by atoms with E-state index in [-0.39, 0.29) is 17.7 Å². The number of aromatic hydroxyl groups is 1. The Kier molecular flexibility index (Phi) is 3.90. The van der Waals surface area contributed by atoms with E-state index in [1.165, 1.54) is 7.11 Å². The van der Waals surface area contributed by atoms with Crippen LogP contribution in [0.25, 0.3) is 0 Å². The van der Waals surface area contributed by atoms with Crippen LogP contribution in [0.4, 0.5) is 0 Å². The molecule has 4 nitrogen and oxygen atoms in total. The van der Waals surface area contributed by atoms with Crippen LogP contribution in [0.3, 0.4) is 0 Å². The first kappa shape index (κ1) is 12.1. The molecule has 0 bridgehead atoms. The minimum absolute atomic E-state index is 0.000787. The van der Waals surface area contributed by atoms with Gasteiger partial charge in [-0.3, -0.25) is 4.79 Å². The van der Waals surface area contributed by atoms with Crippen molar-refractivity contribution in [2.75, 3.05) is 7.11 Å². The van der Waals surface area contributed by atoms with E-state index in [1.807, 2.05) is 13.0 Å². The van der Waals surface area contributed by atoms with Crippen molar-refractivity contribution >= 4 is 5.97 Å². The second-order valence-corrected chi connectivity index (χ2v) is 3.37. The molecule has 0 amide bonds. The summed E-state index contributed by atoms with van der Waals surface area (Å²) in [7, 11) is 1.29. The molecule has 0 saturated heterocycles. The quantitative estimate of drug-likeness (QED) is 0.783. The molecule has 1 aromatic rings. The van der Waals surface area contributed by atoms with E-state index < -0.39 is 5.97 Å². The van der Waals surface area contributed by atoms with Crippen molar-refractivity contribution < 1.29 is 14.6 Å². The molecule has 0 aliphatic rings. The summed E-state index contributed by atoms with van der Waals surface area (Å²) >= 11 is 0. The van der Waals surface area contributed by atoms with Gasteiger partial charge < -0.3 is 9.84 Å². The van der Waals surface area contributed by atoms with Gasteiger partial charge in [0.2, 0.25) is 0 Å². The highest BCUT2D eigenvalue weighted by atomic mass is 16.5. The van der Waals surface area contributed by atoms with E-state index in [9.17, 15) is 9.90 Å². The number of hydrogen-bond acceptors (Lipinski definition) is 4. The third kappa shape index (κ3) is 2.51. The maximum absolute atomic E-state index is 11.1. The highest BCUT2D eigenvalue weighted by Gasteiger charge is 2.13. The minimum atomic E-state index is -0.427. The summed E-state index contributed by atoms with van der Waals surface area (Å²) in [6, 6.07) is 5.17. The second kappa shape index (κ2) is 5.17. The summed E-state index contributed by atoms with van der Waals surface area (Å²) in [6.45, 7) is 1.93. The molecule has 0 heterocycles. The van der Waals surface area contributed by atoms with Gasteiger partial charge in [-0.25, -0.2) is 0 Å². The zero-order chi connectivity index (χ0) is 12.1. The van der Waals surface area contributed by atoms with Crippen LogP contribution in [-0.4, -0.2) is 18.2 Å². The SMILES string of the molecule is CCc1cc(O)c(C#N)c(CC(=O)OC)c1. The fourth-order valence-corrected chi connectivity index (χ4v) is 1.45. The monoisotopic (exact) mass is 219 g/mol. The fraction of sp³-hybridized carbons (Fsp3) is 0.333. The molecule has 0 spiro atoms. The van der Waals surface area contributed by atoms with Crippen molar-refractivity contribution in [3.63, 3.8) is 0 Å². The summed E-state index contributed by atoms with van der Waals surface area (Å²) in [5, 5.41) is 18.5. The number of hydrogen-bond donors (Lipinski definition) is 1. The van der Waals surface area contributed by atoms with Crippen molar-refractivity contribution in [2.45, 2.75) is 19.8 Å². The van der Waals surface area contributed by atoms with Gasteiger partial charge in [0.05, 0.1) is 19.1 Å². The lowest BCUT2D eigenvalue weighted by Gasteiger charge is -2.07. The smallest absolute Gasteiger partial charge is 0.310 e. The maximum Gasteiger partial charge on any atom is 0.310 e. The molecule has 16 heavy (non-hydrogen) atoms. The molecule has 84 valence electrons. The van der Waals surface area contributed by atoms with Gasteiger partial charge in [0, 0.05) is 0 Å². The minimum Gasteiger partial charge on any atom is -0.507 e. The number of nitrogens with zero attached hydrogens (tertiary/aromatic N) is 1. The molecule has 0 aliphatic heterocycles. The van der Waals surface area contributed by atoms with Crippen LogP contribution in [-0.2, 0) is 22.4 Å². The number of carbonyl (C=O) groups excluding carboxylic acids is 1. The Morgan fingerprint density at radius 2 is 2.25 bits per heavy atom. The molecule has 1 N–H and O–H groups in total. The normalized spacial score (nSPS) is 9.56. The number of esters is 1. The summed E-state index contributed by atoms with van der Waals surface area (Å²) < 4.78 is 4.54. The number of benzene rings is 1. The van der Waals surface area contributed by atoms with Gasteiger partial charge in [0.15, 0.2) is 0 Å². The summed E-state index contributed by atoms with van der Waals surface area (Å²) in [5.41, 5.74) is 1.53. The van der Waals surface area contributed by atoms with Crippen molar-refractivity contribution in [3.05, 3.63) is 28.8 Å². The predicted molar refractivity (Wildman–Crippen MR) is 57.9 cm³/mol. The highest BCUT2D eigenvalue weighted by Crippen LogP contribution is 2.23. The zero-order valence-electron chi connectivity index (χ0n) is 9.28. The van der Waals surface area contributed by atoms with Gasteiger partial charge in [-0.15, -0.1) is 0 Å². The van der Waals surface area contributed by atoms with Crippen molar-refractivity contribution in [3.8, 4) is 11.8 Å². The Hall–Kier alpha value is -2.02. The summed E-state index contributed by atoms with van der Waals surface area (Å²) in [6.07, 6.45) is 0.730. The van der Waals surface area contributed by atoms with E-state index >= 15 is 0 Å². The molecule has 4 heteroatoms. The van der Waals surface area contributed by atoms with E-state index in [0.29, 0.717) is 5.56 Å². The van der Waals surface area contributed by atoms with Gasteiger partial charge in [0.1, 0.15) is 11.8 Å². The zero-order valence-corrected chi connectivity index (χ0v) is 9.28. The number of methoxy groups -OCH3 is 1. The third-order valence-electron chi connectivity index (χ3n) is 2.34. The molecule has 0 aliphatic carbocycles. The lowest BCUT2D eigenvalue weighted by atomic mass is 10.00. The van der Waals surface area contributed by atoms with E-state index in [2.05, 4.69) is 4.74 Å².